The highest BCUT2D eigenvalue weighted by molar-refractivity contribution is 4.79. The molecule has 12 heavy (non-hydrogen) atoms. The van der Waals surface area contributed by atoms with E-state index in [-0.39, 0.29) is 0 Å². The van der Waals surface area contributed by atoms with Gasteiger partial charge in [-0.15, -0.1) is 0 Å². The lowest BCUT2D eigenvalue weighted by Crippen LogP contribution is -2.16. The van der Waals surface area contributed by atoms with Crippen molar-refractivity contribution in [1.29, 1.82) is 0 Å². The molecule has 1 aromatic rings. The Morgan fingerprint density at radius 1 is 1.58 bits per heavy atom. The van der Waals surface area contributed by atoms with Crippen molar-refractivity contribution in [2.45, 2.75) is 13.0 Å². The lowest BCUT2D eigenvalue weighted by atomic mass is 10.1. The van der Waals surface area contributed by atoms with Crippen LogP contribution < -0.4 is 0 Å². The zero-order chi connectivity index (χ0) is 8.39. The van der Waals surface area contributed by atoms with E-state index in [4.69, 9.17) is 0 Å². The molecule has 2 heterocycles. The van der Waals surface area contributed by atoms with Crippen LogP contribution in [0.25, 0.3) is 0 Å². The molecular formula is C9H15N3. The molecule has 0 radical (unpaired) electrons. The van der Waals surface area contributed by atoms with E-state index in [0.717, 1.165) is 12.5 Å². The number of rotatable bonds is 2. The van der Waals surface area contributed by atoms with E-state index >= 15 is 0 Å². The first-order valence-corrected chi connectivity index (χ1v) is 4.49. The monoisotopic (exact) mass is 165 g/mol. The molecule has 3 heteroatoms. The van der Waals surface area contributed by atoms with E-state index in [2.05, 4.69) is 21.5 Å². The average Bonchev–Trinajstić information content (AvgIpc) is 2.63. The van der Waals surface area contributed by atoms with Gasteiger partial charge in [0.25, 0.3) is 0 Å². The molecule has 0 amide bonds. The summed E-state index contributed by atoms with van der Waals surface area (Å²) in [5.74, 6) is 0.823. The first-order valence-electron chi connectivity index (χ1n) is 4.49. The van der Waals surface area contributed by atoms with E-state index in [0.29, 0.717) is 0 Å². The molecule has 0 aliphatic carbocycles. The van der Waals surface area contributed by atoms with Crippen molar-refractivity contribution >= 4 is 0 Å². The van der Waals surface area contributed by atoms with E-state index in [1.807, 2.05) is 18.7 Å². The van der Waals surface area contributed by atoms with Crippen molar-refractivity contribution in [2.24, 2.45) is 5.92 Å². The smallest absolute Gasteiger partial charge is 0.0946 e. The van der Waals surface area contributed by atoms with E-state index in [1.165, 1.54) is 19.5 Å². The van der Waals surface area contributed by atoms with Crippen LogP contribution in [0, 0.1) is 5.92 Å². The van der Waals surface area contributed by atoms with Crippen LogP contribution in [-0.4, -0.2) is 34.6 Å². The van der Waals surface area contributed by atoms with Crippen LogP contribution in [0.2, 0.25) is 0 Å². The fourth-order valence-electron chi connectivity index (χ4n) is 1.87. The molecule has 1 fully saturated rings. The second kappa shape index (κ2) is 3.27. The lowest BCUT2D eigenvalue weighted by Gasteiger charge is -2.10. The Kier molecular flexibility index (Phi) is 2.13. The van der Waals surface area contributed by atoms with Gasteiger partial charge >= 0.3 is 0 Å². The maximum atomic E-state index is 4.03. The van der Waals surface area contributed by atoms with E-state index in [9.17, 15) is 0 Å². The molecule has 3 nitrogen and oxygen atoms in total. The minimum absolute atomic E-state index is 0.823. The van der Waals surface area contributed by atoms with E-state index < -0.39 is 0 Å². The third kappa shape index (κ3) is 1.67. The predicted octanol–water partition coefficient (Wildman–Crippen LogP) is 0.835. The molecule has 1 aliphatic rings. The van der Waals surface area contributed by atoms with E-state index in [1.54, 1.807) is 0 Å². The molecule has 1 aliphatic heterocycles. The second-order valence-corrected chi connectivity index (χ2v) is 3.68. The number of nitrogens with zero attached hydrogens (tertiary/aromatic N) is 3. The molecule has 0 saturated carbocycles. The number of likely N-dealkylation sites (tertiary alicyclic amines) is 1. The van der Waals surface area contributed by atoms with Gasteiger partial charge in [0.2, 0.25) is 0 Å². The first kappa shape index (κ1) is 7.80. The van der Waals surface area contributed by atoms with Gasteiger partial charge < -0.3 is 9.47 Å². The summed E-state index contributed by atoms with van der Waals surface area (Å²) in [5.41, 5.74) is 0. The summed E-state index contributed by atoms with van der Waals surface area (Å²) >= 11 is 0. The van der Waals surface area contributed by atoms with Crippen LogP contribution in [0.3, 0.4) is 0 Å². The van der Waals surface area contributed by atoms with Gasteiger partial charge in [-0.3, -0.25) is 0 Å². The van der Waals surface area contributed by atoms with Gasteiger partial charge in [0.15, 0.2) is 0 Å². The minimum Gasteiger partial charge on any atom is -0.337 e. The lowest BCUT2D eigenvalue weighted by molar-refractivity contribution is 0.378. The van der Waals surface area contributed by atoms with Crippen molar-refractivity contribution in [3.8, 4) is 0 Å². The normalized spacial score (nSPS) is 24.9. The third-order valence-electron chi connectivity index (χ3n) is 2.52. The summed E-state index contributed by atoms with van der Waals surface area (Å²) in [4.78, 5) is 6.42. The zero-order valence-corrected chi connectivity index (χ0v) is 7.48. The van der Waals surface area contributed by atoms with Crippen LogP contribution in [-0.2, 0) is 6.54 Å². The van der Waals surface area contributed by atoms with Crippen LogP contribution in [0.5, 0.6) is 0 Å². The molecule has 1 unspecified atom stereocenters. The summed E-state index contributed by atoms with van der Waals surface area (Å²) in [6.45, 7) is 3.61. The Bertz CT molecular complexity index is 230. The Morgan fingerprint density at radius 3 is 3.08 bits per heavy atom. The van der Waals surface area contributed by atoms with Crippen LogP contribution in [0.4, 0.5) is 0 Å². The molecule has 0 bridgehead atoms. The fourth-order valence-corrected chi connectivity index (χ4v) is 1.87. The second-order valence-electron chi connectivity index (χ2n) is 3.68. The van der Waals surface area contributed by atoms with Crippen molar-refractivity contribution in [1.82, 2.24) is 14.5 Å². The standard InChI is InChI=1S/C9H15N3/c1-11-4-2-9(6-11)7-12-5-3-10-8-12/h3,5,8-9H,2,4,6-7H2,1H3. The molecule has 1 atom stereocenters. The zero-order valence-electron chi connectivity index (χ0n) is 7.48. The maximum absolute atomic E-state index is 4.03. The Morgan fingerprint density at radius 2 is 2.50 bits per heavy atom. The molecular weight excluding hydrogens is 150 g/mol. The summed E-state index contributed by atoms with van der Waals surface area (Å²) in [7, 11) is 2.19. The predicted molar refractivity (Wildman–Crippen MR) is 47.8 cm³/mol. The number of hydrogen-bond donors (Lipinski definition) is 0. The van der Waals surface area contributed by atoms with Gasteiger partial charge in [-0.2, -0.15) is 0 Å². The summed E-state index contributed by atoms with van der Waals surface area (Å²) < 4.78 is 2.17. The molecule has 1 saturated heterocycles. The molecule has 0 spiro atoms. The van der Waals surface area contributed by atoms with Crippen molar-refractivity contribution in [3.05, 3.63) is 18.7 Å². The SMILES string of the molecule is CN1CCC(Cn2ccnc2)C1. The van der Waals surface area contributed by atoms with Crippen LogP contribution in [0.15, 0.2) is 18.7 Å². The van der Waals surface area contributed by atoms with Gasteiger partial charge in [-0.05, 0) is 25.9 Å². The minimum atomic E-state index is 0.823. The molecule has 2 rings (SSSR count). The largest absolute Gasteiger partial charge is 0.337 e. The summed E-state index contributed by atoms with van der Waals surface area (Å²) in [5, 5.41) is 0. The van der Waals surface area contributed by atoms with Gasteiger partial charge in [0, 0.05) is 25.5 Å². The van der Waals surface area contributed by atoms with Crippen molar-refractivity contribution in [3.63, 3.8) is 0 Å². The topological polar surface area (TPSA) is 21.1 Å². The number of imidazole rings is 1. The first-order chi connectivity index (χ1) is 5.84. The van der Waals surface area contributed by atoms with Gasteiger partial charge in [-0.1, -0.05) is 0 Å². The maximum Gasteiger partial charge on any atom is 0.0946 e. The highest BCUT2D eigenvalue weighted by atomic mass is 15.1. The average molecular weight is 165 g/mol. The third-order valence-corrected chi connectivity index (χ3v) is 2.52. The summed E-state index contributed by atoms with van der Waals surface area (Å²) in [6, 6.07) is 0. The Labute approximate surface area is 73.0 Å². The van der Waals surface area contributed by atoms with Crippen LogP contribution in [0.1, 0.15) is 6.42 Å². The Hall–Kier alpha value is -0.830. The molecule has 0 N–H and O–H groups in total. The molecule has 0 aromatic carbocycles. The van der Waals surface area contributed by atoms with Crippen molar-refractivity contribution < 1.29 is 0 Å². The van der Waals surface area contributed by atoms with Gasteiger partial charge in [0.1, 0.15) is 0 Å². The highest BCUT2D eigenvalue weighted by Gasteiger charge is 2.19. The van der Waals surface area contributed by atoms with Crippen LogP contribution >= 0.6 is 0 Å². The van der Waals surface area contributed by atoms with Crippen molar-refractivity contribution in [2.75, 3.05) is 20.1 Å². The number of aromatic nitrogens is 2. The van der Waals surface area contributed by atoms with Gasteiger partial charge in [-0.25, -0.2) is 4.98 Å². The highest BCUT2D eigenvalue weighted by Crippen LogP contribution is 2.15. The fraction of sp³-hybridized carbons (Fsp3) is 0.667. The quantitative estimate of drug-likeness (QED) is 0.647. The van der Waals surface area contributed by atoms with Gasteiger partial charge in [0.05, 0.1) is 6.33 Å². The molecule has 1 aromatic heterocycles. The Balaban J connectivity index is 1.88. The number of hydrogen-bond acceptors (Lipinski definition) is 2. The molecule has 66 valence electrons. The summed E-state index contributed by atoms with van der Waals surface area (Å²) in [6.07, 6.45) is 7.12.